The van der Waals surface area contributed by atoms with Crippen LogP contribution < -0.4 is 0 Å². The number of aryl methyl sites for hydroxylation is 1. The minimum absolute atomic E-state index is 0.109. The largest absolute Gasteiger partial charge is 0.507 e. The van der Waals surface area contributed by atoms with E-state index < -0.39 is 17.7 Å². The molecule has 2 aromatic rings. The lowest BCUT2D eigenvalue weighted by Crippen LogP contribution is -2.32. The molecule has 6 heteroatoms. The molecule has 0 saturated carbocycles. The number of ketones is 1. The van der Waals surface area contributed by atoms with Gasteiger partial charge in [0.25, 0.3) is 11.7 Å². The van der Waals surface area contributed by atoms with E-state index in [2.05, 4.69) is 0 Å². The number of benzene rings is 1. The zero-order valence-corrected chi connectivity index (χ0v) is 16.6. The van der Waals surface area contributed by atoms with Crippen LogP contribution in [0, 0.1) is 6.92 Å². The highest BCUT2D eigenvalue weighted by atomic mass is 32.1. The molecule has 27 heavy (non-hydrogen) atoms. The molecule has 2 heterocycles. The molecule has 0 radical (unpaired) electrons. The van der Waals surface area contributed by atoms with Gasteiger partial charge in [-0.1, -0.05) is 35.9 Å². The van der Waals surface area contributed by atoms with Crippen LogP contribution in [0.5, 0.6) is 0 Å². The Kier molecular flexibility index (Phi) is 5.77. The minimum Gasteiger partial charge on any atom is -0.507 e. The van der Waals surface area contributed by atoms with Crippen molar-refractivity contribution in [3.05, 3.63) is 63.4 Å². The summed E-state index contributed by atoms with van der Waals surface area (Å²) in [4.78, 5) is 30.0. The van der Waals surface area contributed by atoms with Crippen molar-refractivity contribution in [1.29, 1.82) is 0 Å². The number of aliphatic hydroxyl groups is 1. The first kappa shape index (κ1) is 19.3. The Morgan fingerprint density at radius 1 is 1.19 bits per heavy atom. The van der Waals surface area contributed by atoms with Gasteiger partial charge in [0.15, 0.2) is 0 Å². The van der Waals surface area contributed by atoms with E-state index >= 15 is 0 Å². The number of aliphatic hydroxyl groups excluding tert-OH is 1. The molecule has 1 aliphatic heterocycles. The number of amides is 1. The van der Waals surface area contributed by atoms with Crippen molar-refractivity contribution in [3.8, 4) is 0 Å². The van der Waals surface area contributed by atoms with Crippen LogP contribution in [0.25, 0.3) is 5.76 Å². The van der Waals surface area contributed by atoms with Gasteiger partial charge in [-0.05, 0) is 45.4 Å². The summed E-state index contributed by atoms with van der Waals surface area (Å²) in [5, 5.41) is 12.8. The lowest BCUT2D eigenvalue weighted by atomic mass is 9.99. The first-order chi connectivity index (χ1) is 12.9. The number of nitrogens with zero attached hydrogens (tertiary/aromatic N) is 2. The van der Waals surface area contributed by atoms with Crippen LogP contribution in [0.3, 0.4) is 0 Å². The summed E-state index contributed by atoms with van der Waals surface area (Å²) in [6.07, 6.45) is 0.756. The predicted molar refractivity (Wildman–Crippen MR) is 108 cm³/mol. The molecule has 1 atom stereocenters. The summed E-state index contributed by atoms with van der Waals surface area (Å²) < 4.78 is 0. The van der Waals surface area contributed by atoms with Crippen LogP contribution in [-0.2, 0) is 9.59 Å². The van der Waals surface area contributed by atoms with E-state index in [1.807, 2.05) is 55.6 Å². The third-order valence-corrected chi connectivity index (χ3v) is 5.61. The summed E-state index contributed by atoms with van der Waals surface area (Å²) in [7, 11) is 3.95. The summed E-state index contributed by atoms with van der Waals surface area (Å²) >= 11 is 1.48. The average Bonchev–Trinajstić information content (AvgIpc) is 3.24. The highest BCUT2D eigenvalue weighted by Crippen LogP contribution is 2.41. The molecule has 1 aliphatic rings. The van der Waals surface area contributed by atoms with E-state index in [9.17, 15) is 14.7 Å². The first-order valence-corrected chi connectivity index (χ1v) is 9.81. The van der Waals surface area contributed by atoms with Gasteiger partial charge >= 0.3 is 0 Å². The van der Waals surface area contributed by atoms with Crippen molar-refractivity contribution >= 4 is 28.8 Å². The predicted octanol–water partition coefficient (Wildman–Crippen LogP) is 3.43. The van der Waals surface area contributed by atoms with E-state index in [0.29, 0.717) is 12.1 Å². The number of hydrogen-bond donors (Lipinski definition) is 1. The molecule has 1 aromatic heterocycles. The summed E-state index contributed by atoms with van der Waals surface area (Å²) in [6.45, 7) is 3.24. The van der Waals surface area contributed by atoms with Crippen LogP contribution in [0.2, 0.25) is 0 Å². The Labute approximate surface area is 163 Å². The standard InChI is InChI=1S/C21H24N2O3S/c1-14-7-9-15(10-8-14)19(24)17-18(16-6-4-13-27-16)23(21(26)20(17)25)12-5-11-22(2)3/h4,6-10,13,18,24H,5,11-12H2,1-3H3/t18-/m1/s1. The smallest absolute Gasteiger partial charge is 0.295 e. The van der Waals surface area contributed by atoms with Gasteiger partial charge in [0, 0.05) is 17.0 Å². The molecule has 1 amide bonds. The van der Waals surface area contributed by atoms with Crippen LogP contribution >= 0.6 is 11.3 Å². The SMILES string of the molecule is Cc1ccc(C(O)=C2C(=O)C(=O)N(CCCN(C)C)[C@@H]2c2cccs2)cc1. The highest BCUT2D eigenvalue weighted by Gasteiger charge is 2.46. The van der Waals surface area contributed by atoms with E-state index in [-0.39, 0.29) is 11.3 Å². The Hall–Kier alpha value is -2.44. The lowest BCUT2D eigenvalue weighted by Gasteiger charge is -2.24. The zero-order valence-electron chi connectivity index (χ0n) is 15.8. The van der Waals surface area contributed by atoms with Crippen molar-refractivity contribution in [2.24, 2.45) is 0 Å². The molecule has 0 aliphatic carbocycles. The molecular formula is C21H24N2O3S. The highest BCUT2D eigenvalue weighted by molar-refractivity contribution is 7.10. The number of carbonyl (C=O) groups excluding carboxylic acids is 2. The van der Waals surface area contributed by atoms with Gasteiger partial charge in [-0.2, -0.15) is 0 Å². The molecule has 1 N–H and O–H groups in total. The summed E-state index contributed by atoms with van der Waals surface area (Å²) in [5.41, 5.74) is 1.79. The fourth-order valence-electron chi connectivity index (χ4n) is 3.28. The Morgan fingerprint density at radius 3 is 2.48 bits per heavy atom. The Morgan fingerprint density at radius 2 is 1.89 bits per heavy atom. The molecule has 0 spiro atoms. The fraction of sp³-hybridized carbons (Fsp3) is 0.333. The first-order valence-electron chi connectivity index (χ1n) is 8.93. The third kappa shape index (κ3) is 3.96. The topological polar surface area (TPSA) is 60.9 Å². The molecule has 3 rings (SSSR count). The van der Waals surface area contributed by atoms with Gasteiger partial charge in [0.05, 0.1) is 11.6 Å². The molecule has 1 saturated heterocycles. The number of hydrogen-bond acceptors (Lipinski definition) is 5. The van der Waals surface area contributed by atoms with Gasteiger partial charge in [-0.3, -0.25) is 9.59 Å². The number of carbonyl (C=O) groups is 2. The van der Waals surface area contributed by atoms with Crippen LogP contribution in [0.4, 0.5) is 0 Å². The summed E-state index contributed by atoms with van der Waals surface area (Å²) in [5.74, 6) is -1.26. The van der Waals surface area contributed by atoms with Gasteiger partial charge in [0.1, 0.15) is 5.76 Å². The number of thiophene rings is 1. The summed E-state index contributed by atoms with van der Waals surface area (Å²) in [6, 6.07) is 10.6. The molecule has 0 bridgehead atoms. The van der Waals surface area contributed by atoms with Crippen molar-refractivity contribution in [2.75, 3.05) is 27.2 Å². The third-order valence-electron chi connectivity index (χ3n) is 4.68. The fourth-order valence-corrected chi connectivity index (χ4v) is 4.12. The maximum atomic E-state index is 12.8. The van der Waals surface area contributed by atoms with Gasteiger partial charge < -0.3 is 14.9 Å². The van der Waals surface area contributed by atoms with Crippen molar-refractivity contribution in [1.82, 2.24) is 9.80 Å². The number of Topliss-reactive ketones (excluding diaryl/α,β-unsaturated/α-hetero) is 1. The molecule has 142 valence electrons. The maximum absolute atomic E-state index is 12.8. The van der Waals surface area contributed by atoms with Gasteiger partial charge in [-0.15, -0.1) is 11.3 Å². The Balaban J connectivity index is 2.03. The van der Waals surface area contributed by atoms with Crippen molar-refractivity contribution < 1.29 is 14.7 Å². The molecule has 1 fully saturated rings. The minimum atomic E-state index is -0.615. The average molecular weight is 385 g/mol. The normalized spacial score (nSPS) is 19.3. The van der Waals surface area contributed by atoms with Gasteiger partial charge in [0.2, 0.25) is 0 Å². The van der Waals surface area contributed by atoms with Crippen LogP contribution in [0.15, 0.2) is 47.4 Å². The quantitative estimate of drug-likeness (QED) is 0.471. The molecule has 1 aromatic carbocycles. The number of rotatable bonds is 6. The van der Waals surface area contributed by atoms with Crippen LogP contribution in [-0.4, -0.2) is 53.8 Å². The number of likely N-dealkylation sites (tertiary alicyclic amines) is 1. The van der Waals surface area contributed by atoms with E-state index in [4.69, 9.17) is 0 Å². The van der Waals surface area contributed by atoms with Crippen molar-refractivity contribution in [3.63, 3.8) is 0 Å². The van der Waals surface area contributed by atoms with E-state index in [1.165, 1.54) is 11.3 Å². The molecule has 5 nitrogen and oxygen atoms in total. The molecule has 0 unspecified atom stereocenters. The maximum Gasteiger partial charge on any atom is 0.295 e. The second-order valence-electron chi connectivity index (χ2n) is 7.03. The Bertz CT molecular complexity index is 854. The van der Waals surface area contributed by atoms with Gasteiger partial charge in [-0.25, -0.2) is 0 Å². The van der Waals surface area contributed by atoms with E-state index in [1.54, 1.807) is 17.0 Å². The van der Waals surface area contributed by atoms with E-state index in [0.717, 1.165) is 23.4 Å². The van der Waals surface area contributed by atoms with Crippen molar-refractivity contribution in [2.45, 2.75) is 19.4 Å². The monoisotopic (exact) mass is 384 g/mol. The second kappa shape index (κ2) is 8.06. The lowest BCUT2D eigenvalue weighted by molar-refractivity contribution is -0.139. The van der Waals surface area contributed by atoms with Crippen LogP contribution in [0.1, 0.15) is 28.5 Å². The molecular weight excluding hydrogens is 360 g/mol. The zero-order chi connectivity index (χ0) is 19.6. The second-order valence-corrected chi connectivity index (χ2v) is 8.01.